The van der Waals surface area contributed by atoms with E-state index < -0.39 is 108 Å². The van der Waals surface area contributed by atoms with Gasteiger partial charge in [0.05, 0.1) is 47.6 Å². The van der Waals surface area contributed by atoms with Gasteiger partial charge in [0.1, 0.15) is 29.7 Å². The summed E-state index contributed by atoms with van der Waals surface area (Å²) in [7, 11) is 3.41. The topological polar surface area (TPSA) is 194 Å². The fraction of sp³-hybridized carbons (Fsp3) is 0.949. The van der Waals surface area contributed by atoms with Crippen LogP contribution in [0.3, 0.4) is 0 Å². The predicted octanol–water partition coefficient (Wildman–Crippen LogP) is 2.56. The Balaban J connectivity index is 2.19. The molecule has 3 aliphatic rings. The van der Waals surface area contributed by atoms with Crippen LogP contribution < -0.4 is 0 Å². The monoisotopic (exact) mass is 761 g/mol. The van der Waals surface area contributed by atoms with Crippen molar-refractivity contribution in [2.24, 2.45) is 23.7 Å². The zero-order chi connectivity index (χ0) is 40.5. The van der Waals surface area contributed by atoms with E-state index >= 15 is 0 Å². The van der Waals surface area contributed by atoms with E-state index in [0.717, 1.165) is 0 Å². The average molecular weight is 762 g/mol. The SMILES string of the molecule is CC[C@H]1OC(=O)[C@H](C)[C@@H](O[C@H]2C[C@@](C)(OC)[C@@H](O)[C@H](C)O2)[C@H](C)[C@@H](O[C@@H]2O[C@H](C)C[C@H](N(C)C(C)C)[C@H]2O)[C@](C)(O)CC(C)C(=O)[C@H](C)[C@@H](O)[C@]1(C)O. The van der Waals surface area contributed by atoms with E-state index in [1.165, 1.54) is 27.9 Å². The van der Waals surface area contributed by atoms with Crippen LogP contribution in [0, 0.1) is 23.7 Å². The van der Waals surface area contributed by atoms with Crippen molar-refractivity contribution in [3.8, 4) is 0 Å². The van der Waals surface area contributed by atoms with Gasteiger partial charge in [-0.05, 0) is 81.7 Å². The van der Waals surface area contributed by atoms with Crippen LogP contribution in [0.25, 0.3) is 0 Å². The summed E-state index contributed by atoms with van der Waals surface area (Å²) in [5, 5.41) is 58.1. The van der Waals surface area contributed by atoms with Gasteiger partial charge in [-0.1, -0.05) is 27.7 Å². The highest BCUT2D eigenvalue weighted by molar-refractivity contribution is 5.83. The van der Waals surface area contributed by atoms with Crippen molar-refractivity contribution in [1.82, 2.24) is 4.90 Å². The summed E-state index contributed by atoms with van der Waals surface area (Å²) in [6.07, 6.45) is -9.77. The molecule has 1 unspecified atom stereocenters. The van der Waals surface area contributed by atoms with Crippen LogP contribution in [0.2, 0.25) is 0 Å². The lowest BCUT2D eigenvalue weighted by Gasteiger charge is -2.49. The van der Waals surface area contributed by atoms with Gasteiger partial charge in [0, 0.05) is 43.4 Å². The van der Waals surface area contributed by atoms with Gasteiger partial charge in [0.2, 0.25) is 0 Å². The molecule has 14 heteroatoms. The zero-order valence-electron chi connectivity index (χ0n) is 34.5. The maximum absolute atomic E-state index is 14.1. The molecule has 0 aromatic carbocycles. The first kappa shape index (κ1) is 46.1. The Bertz CT molecular complexity index is 1220. The molecule has 0 aromatic heterocycles. The van der Waals surface area contributed by atoms with Gasteiger partial charge >= 0.3 is 5.97 Å². The second-order valence-electron chi connectivity index (χ2n) is 17.3. The summed E-state index contributed by atoms with van der Waals surface area (Å²) in [4.78, 5) is 30.1. The molecule has 0 aromatic rings. The van der Waals surface area contributed by atoms with Crippen molar-refractivity contribution in [1.29, 1.82) is 0 Å². The highest BCUT2D eigenvalue weighted by Crippen LogP contribution is 2.41. The number of esters is 1. The van der Waals surface area contributed by atoms with Gasteiger partial charge in [0.25, 0.3) is 0 Å². The van der Waals surface area contributed by atoms with Crippen molar-refractivity contribution in [2.45, 2.75) is 199 Å². The van der Waals surface area contributed by atoms with E-state index in [9.17, 15) is 35.1 Å². The maximum atomic E-state index is 14.1. The molecule has 3 rings (SSSR count). The number of cyclic esters (lactones) is 1. The molecule has 3 fully saturated rings. The van der Waals surface area contributed by atoms with Crippen molar-refractivity contribution in [3.63, 3.8) is 0 Å². The summed E-state index contributed by atoms with van der Waals surface area (Å²) in [6, 6.07) is -0.229. The number of rotatable bonds is 8. The molecule has 0 amide bonds. The van der Waals surface area contributed by atoms with Crippen molar-refractivity contribution in [3.05, 3.63) is 0 Å². The van der Waals surface area contributed by atoms with Crippen LogP contribution in [-0.4, -0.2) is 147 Å². The van der Waals surface area contributed by atoms with Crippen LogP contribution in [0.1, 0.15) is 109 Å². The minimum absolute atomic E-state index is 0.0923. The smallest absolute Gasteiger partial charge is 0.311 e. The molecular formula is C39H71NO13. The molecule has 3 heterocycles. The molecule has 310 valence electrons. The minimum Gasteiger partial charge on any atom is -0.459 e. The minimum atomic E-state index is -2.00. The largest absolute Gasteiger partial charge is 0.459 e. The number of hydrogen-bond acceptors (Lipinski definition) is 14. The van der Waals surface area contributed by atoms with Gasteiger partial charge in [-0.2, -0.15) is 0 Å². The lowest BCUT2D eigenvalue weighted by Crippen LogP contribution is -2.61. The van der Waals surface area contributed by atoms with Gasteiger partial charge in [-0.25, -0.2) is 0 Å². The number of carbonyl (C=O) groups excluding carboxylic acids is 2. The number of aliphatic hydroxyl groups excluding tert-OH is 3. The number of Topliss-reactive ketones (excluding diaryl/α,β-unsaturated/α-hetero) is 1. The van der Waals surface area contributed by atoms with Crippen molar-refractivity contribution >= 4 is 11.8 Å². The third-order valence-electron chi connectivity index (χ3n) is 12.5. The van der Waals surface area contributed by atoms with E-state index in [-0.39, 0.29) is 37.5 Å². The Labute approximate surface area is 316 Å². The molecule has 53 heavy (non-hydrogen) atoms. The second kappa shape index (κ2) is 17.9. The molecule has 18 atom stereocenters. The predicted molar refractivity (Wildman–Crippen MR) is 195 cm³/mol. The number of hydrogen-bond donors (Lipinski definition) is 5. The molecule has 0 aliphatic carbocycles. The van der Waals surface area contributed by atoms with Crippen LogP contribution in [0.4, 0.5) is 0 Å². The number of likely N-dealkylation sites (N-methyl/N-ethyl adjacent to an activating group) is 1. The maximum Gasteiger partial charge on any atom is 0.311 e. The number of methoxy groups -OCH3 is 1. The third kappa shape index (κ3) is 9.99. The van der Waals surface area contributed by atoms with Crippen LogP contribution in [-0.2, 0) is 38.0 Å². The number of aliphatic hydroxyl groups is 5. The Morgan fingerprint density at radius 1 is 0.906 bits per heavy atom. The van der Waals surface area contributed by atoms with Crippen molar-refractivity contribution < 1.29 is 63.5 Å². The van der Waals surface area contributed by atoms with Gasteiger partial charge in [0.15, 0.2) is 12.6 Å². The number of ether oxygens (including phenoxy) is 6. The van der Waals surface area contributed by atoms with Crippen LogP contribution in [0.15, 0.2) is 0 Å². The first-order valence-electron chi connectivity index (χ1n) is 19.5. The molecule has 14 nitrogen and oxygen atoms in total. The molecule has 0 saturated carbocycles. The number of nitrogens with zero attached hydrogens (tertiary/aromatic N) is 1. The van der Waals surface area contributed by atoms with E-state index in [1.807, 2.05) is 27.8 Å². The van der Waals surface area contributed by atoms with E-state index in [1.54, 1.807) is 41.5 Å². The average Bonchev–Trinajstić information content (AvgIpc) is 3.08. The first-order valence-corrected chi connectivity index (χ1v) is 19.5. The molecule has 0 radical (unpaired) electrons. The van der Waals surface area contributed by atoms with Crippen LogP contribution in [0.5, 0.6) is 0 Å². The fourth-order valence-electron chi connectivity index (χ4n) is 8.68. The van der Waals surface area contributed by atoms with Gasteiger partial charge in [-0.3, -0.25) is 14.5 Å². The van der Waals surface area contributed by atoms with E-state index in [4.69, 9.17) is 28.4 Å². The number of carbonyl (C=O) groups is 2. The standard InChI is InChI=1S/C39H71NO13/c1-15-27-39(12,47)32(43)22(6)29(41)20(4)17-37(10,46)34(53-36-30(42)26(16-21(5)49-36)40(13)19(2)3)23(7)31(24(8)35(45)51-27)52-28-18-38(11,48-14)33(44)25(9)50-28/h19-28,30-34,36,42-44,46-47H,15-18H2,1-14H3/t20?,21-,22+,23+,24-,25+,26+,27-,28+,30-,31+,32-,33+,34-,36+,37-,38-,39-/m1/s1. The normalized spacial score (nSPS) is 48.4. The molecule has 3 saturated heterocycles. The Morgan fingerprint density at radius 3 is 2.06 bits per heavy atom. The molecular weight excluding hydrogens is 690 g/mol. The highest BCUT2D eigenvalue weighted by atomic mass is 16.7. The van der Waals surface area contributed by atoms with Gasteiger partial charge in [-0.15, -0.1) is 0 Å². The summed E-state index contributed by atoms with van der Waals surface area (Å²) in [5.41, 5.74) is -4.85. The Hall–Kier alpha value is -1.30. The Kier molecular flexibility index (Phi) is 15.5. The van der Waals surface area contributed by atoms with E-state index in [2.05, 4.69) is 4.90 Å². The number of ketones is 1. The summed E-state index contributed by atoms with van der Waals surface area (Å²) in [6.45, 7) is 20.4. The summed E-state index contributed by atoms with van der Waals surface area (Å²) in [5.74, 6) is -4.99. The summed E-state index contributed by atoms with van der Waals surface area (Å²) < 4.78 is 37.3. The first-order chi connectivity index (χ1) is 24.3. The van der Waals surface area contributed by atoms with E-state index in [0.29, 0.717) is 6.42 Å². The molecule has 0 spiro atoms. The van der Waals surface area contributed by atoms with Gasteiger partial charge < -0.3 is 54.0 Å². The van der Waals surface area contributed by atoms with Crippen LogP contribution >= 0.6 is 0 Å². The quantitative estimate of drug-likeness (QED) is 0.227. The Morgan fingerprint density at radius 2 is 1.51 bits per heavy atom. The second-order valence-corrected chi connectivity index (χ2v) is 17.3. The molecule has 3 aliphatic heterocycles. The highest BCUT2D eigenvalue weighted by Gasteiger charge is 2.53. The fourth-order valence-corrected chi connectivity index (χ4v) is 8.68. The molecule has 0 bridgehead atoms. The molecule has 5 N–H and O–H groups in total. The third-order valence-corrected chi connectivity index (χ3v) is 12.5. The lowest BCUT2D eigenvalue weighted by molar-refractivity contribution is -0.318. The van der Waals surface area contributed by atoms with Crippen molar-refractivity contribution in [2.75, 3.05) is 14.2 Å². The lowest BCUT2D eigenvalue weighted by atomic mass is 9.74. The zero-order valence-corrected chi connectivity index (χ0v) is 34.5. The summed E-state index contributed by atoms with van der Waals surface area (Å²) >= 11 is 0.